The molecule has 1 saturated heterocycles. The maximum absolute atomic E-state index is 12.5. The maximum atomic E-state index is 12.5. The average Bonchev–Trinajstić information content (AvgIpc) is 3.07. The Bertz CT molecular complexity index is 1050. The smallest absolute Gasteiger partial charge is 0.262 e. The second-order valence-corrected chi connectivity index (χ2v) is 6.64. The first-order valence-electron chi connectivity index (χ1n) is 8.71. The molecule has 1 fully saturated rings. The lowest BCUT2D eigenvalue weighted by atomic mass is 10.0. The van der Waals surface area contributed by atoms with Gasteiger partial charge in [-0.05, 0) is 31.4 Å². The summed E-state index contributed by atoms with van der Waals surface area (Å²) in [6.45, 7) is 2.72. The molecule has 0 aliphatic carbocycles. The topological polar surface area (TPSA) is 96.6 Å². The van der Waals surface area contributed by atoms with Crippen molar-refractivity contribution < 1.29 is 4.74 Å². The van der Waals surface area contributed by atoms with Crippen LogP contribution in [0, 0.1) is 11.3 Å². The molecule has 3 aromatic rings. The molecule has 0 spiro atoms. The van der Waals surface area contributed by atoms with E-state index in [1.54, 1.807) is 12.3 Å². The summed E-state index contributed by atoms with van der Waals surface area (Å²) in [5.74, 6) is 0.534. The number of benzene rings is 1. The van der Waals surface area contributed by atoms with Gasteiger partial charge in [-0.3, -0.25) is 4.79 Å². The molecule has 2 unspecified atom stereocenters. The minimum Gasteiger partial charge on any atom is -0.378 e. The van der Waals surface area contributed by atoms with Crippen molar-refractivity contribution >= 4 is 11.0 Å². The van der Waals surface area contributed by atoms with Crippen molar-refractivity contribution in [2.45, 2.75) is 38.3 Å². The molecule has 2 atom stereocenters. The monoisotopic (exact) mass is 349 g/mol. The van der Waals surface area contributed by atoms with Gasteiger partial charge in [0.25, 0.3) is 5.56 Å². The third-order valence-electron chi connectivity index (χ3n) is 4.81. The van der Waals surface area contributed by atoms with E-state index in [4.69, 9.17) is 4.74 Å². The zero-order valence-corrected chi connectivity index (χ0v) is 14.5. The van der Waals surface area contributed by atoms with E-state index in [1.807, 2.05) is 29.8 Å². The van der Waals surface area contributed by atoms with E-state index in [-0.39, 0.29) is 17.7 Å². The zero-order chi connectivity index (χ0) is 18.1. The molecule has 4 rings (SSSR count). The lowest BCUT2D eigenvalue weighted by Gasteiger charge is -2.27. The molecule has 1 aromatic carbocycles. The van der Waals surface area contributed by atoms with Crippen LogP contribution in [0.15, 0.2) is 35.3 Å². The number of nitriles is 1. The standard InChI is InChI=1S/C19H19N5O2/c1-12-8-15(6-7-26-12)24-18-16(11-21-24)19(25)23-17(22-18)9-13-4-2-3-5-14(13)10-20/h2-5,11-12,15H,6-9H2,1H3,(H,22,23,25). The average molecular weight is 349 g/mol. The number of fused-ring (bicyclic) bond motifs is 1. The summed E-state index contributed by atoms with van der Waals surface area (Å²) in [5, 5.41) is 14.2. The van der Waals surface area contributed by atoms with Gasteiger partial charge in [-0.2, -0.15) is 10.4 Å². The van der Waals surface area contributed by atoms with E-state index in [9.17, 15) is 10.1 Å². The Morgan fingerprint density at radius 3 is 3.08 bits per heavy atom. The van der Waals surface area contributed by atoms with E-state index >= 15 is 0 Å². The molecule has 2 aromatic heterocycles. The van der Waals surface area contributed by atoms with Crippen LogP contribution in [0.4, 0.5) is 0 Å². The molecule has 1 N–H and O–H groups in total. The van der Waals surface area contributed by atoms with Crippen molar-refractivity contribution in [2.24, 2.45) is 0 Å². The maximum Gasteiger partial charge on any atom is 0.262 e. The fourth-order valence-corrected chi connectivity index (χ4v) is 3.49. The number of hydrogen-bond acceptors (Lipinski definition) is 5. The summed E-state index contributed by atoms with van der Waals surface area (Å²) in [6, 6.07) is 9.69. The fourth-order valence-electron chi connectivity index (χ4n) is 3.49. The van der Waals surface area contributed by atoms with Crippen LogP contribution in [-0.4, -0.2) is 32.5 Å². The molecule has 0 bridgehead atoms. The van der Waals surface area contributed by atoms with E-state index < -0.39 is 0 Å². The van der Waals surface area contributed by atoms with Crippen LogP contribution in [0.25, 0.3) is 11.0 Å². The van der Waals surface area contributed by atoms with Crippen molar-refractivity contribution in [3.63, 3.8) is 0 Å². The highest BCUT2D eigenvalue weighted by Crippen LogP contribution is 2.26. The zero-order valence-electron chi connectivity index (χ0n) is 14.5. The SMILES string of the molecule is CC1CC(n2ncc3c(=O)[nH]c(Cc4ccccc4C#N)nc32)CCO1. The van der Waals surface area contributed by atoms with E-state index in [0.717, 1.165) is 18.4 Å². The van der Waals surface area contributed by atoms with E-state index in [2.05, 4.69) is 21.1 Å². The molecule has 0 radical (unpaired) electrons. The fraction of sp³-hybridized carbons (Fsp3) is 0.368. The second-order valence-electron chi connectivity index (χ2n) is 6.64. The van der Waals surface area contributed by atoms with Crippen LogP contribution in [0.2, 0.25) is 0 Å². The molecule has 0 amide bonds. The van der Waals surface area contributed by atoms with Crippen molar-refractivity contribution in [1.82, 2.24) is 19.7 Å². The Morgan fingerprint density at radius 1 is 1.42 bits per heavy atom. The summed E-state index contributed by atoms with van der Waals surface area (Å²) in [4.78, 5) is 19.9. The molecular formula is C19H19N5O2. The minimum atomic E-state index is -0.203. The largest absolute Gasteiger partial charge is 0.378 e. The number of H-pyrrole nitrogens is 1. The van der Waals surface area contributed by atoms with Gasteiger partial charge in [0.2, 0.25) is 0 Å². The van der Waals surface area contributed by atoms with Crippen LogP contribution in [0.5, 0.6) is 0 Å². The second kappa shape index (κ2) is 6.73. The number of aromatic amines is 1. The Hall–Kier alpha value is -2.98. The Balaban J connectivity index is 1.74. The summed E-state index contributed by atoms with van der Waals surface area (Å²) in [6.07, 6.45) is 3.83. The number of aromatic nitrogens is 4. The minimum absolute atomic E-state index is 0.164. The number of ether oxygens (including phenoxy) is 1. The van der Waals surface area contributed by atoms with Gasteiger partial charge in [-0.25, -0.2) is 9.67 Å². The molecule has 0 saturated carbocycles. The summed E-state index contributed by atoms with van der Waals surface area (Å²) >= 11 is 0. The van der Waals surface area contributed by atoms with Gasteiger partial charge in [-0.15, -0.1) is 0 Å². The van der Waals surface area contributed by atoms with Gasteiger partial charge in [-0.1, -0.05) is 18.2 Å². The predicted molar refractivity (Wildman–Crippen MR) is 95.8 cm³/mol. The molecule has 1 aliphatic rings. The molecule has 132 valence electrons. The van der Waals surface area contributed by atoms with E-state index in [1.165, 1.54) is 0 Å². The van der Waals surface area contributed by atoms with Crippen LogP contribution in [0.3, 0.4) is 0 Å². The van der Waals surface area contributed by atoms with Gasteiger partial charge < -0.3 is 9.72 Å². The normalized spacial score (nSPS) is 20.2. The molecule has 3 heterocycles. The molecule has 7 nitrogen and oxygen atoms in total. The summed E-state index contributed by atoms with van der Waals surface area (Å²) < 4.78 is 7.46. The van der Waals surface area contributed by atoms with Gasteiger partial charge in [0.1, 0.15) is 11.2 Å². The van der Waals surface area contributed by atoms with Gasteiger partial charge >= 0.3 is 0 Å². The Kier molecular flexibility index (Phi) is 4.27. The first kappa shape index (κ1) is 16.5. The van der Waals surface area contributed by atoms with Crippen LogP contribution < -0.4 is 5.56 Å². The Labute approximate surface area is 150 Å². The quantitative estimate of drug-likeness (QED) is 0.783. The third kappa shape index (κ3) is 3.00. The van der Waals surface area contributed by atoms with Crippen molar-refractivity contribution in [2.75, 3.05) is 6.61 Å². The highest BCUT2D eigenvalue weighted by molar-refractivity contribution is 5.73. The highest BCUT2D eigenvalue weighted by Gasteiger charge is 2.24. The molecular weight excluding hydrogens is 330 g/mol. The van der Waals surface area contributed by atoms with Gasteiger partial charge in [0, 0.05) is 13.0 Å². The molecule has 1 aliphatic heterocycles. The van der Waals surface area contributed by atoms with Crippen molar-refractivity contribution in [3.05, 3.63) is 57.8 Å². The van der Waals surface area contributed by atoms with Gasteiger partial charge in [0.15, 0.2) is 5.65 Å². The summed E-state index contributed by atoms with van der Waals surface area (Å²) in [7, 11) is 0. The number of nitrogens with one attached hydrogen (secondary N) is 1. The van der Waals surface area contributed by atoms with Gasteiger partial charge in [0.05, 0.1) is 30.0 Å². The number of nitrogens with zero attached hydrogens (tertiary/aromatic N) is 4. The molecule has 26 heavy (non-hydrogen) atoms. The number of hydrogen-bond donors (Lipinski definition) is 1. The van der Waals surface area contributed by atoms with E-state index in [0.29, 0.717) is 35.4 Å². The molecule has 7 heteroatoms. The highest BCUT2D eigenvalue weighted by atomic mass is 16.5. The van der Waals surface area contributed by atoms with Crippen molar-refractivity contribution in [1.29, 1.82) is 5.26 Å². The lowest BCUT2D eigenvalue weighted by Crippen LogP contribution is -2.26. The predicted octanol–water partition coefficient (Wildman–Crippen LogP) is 2.32. The van der Waals surface area contributed by atoms with Crippen LogP contribution in [-0.2, 0) is 11.2 Å². The van der Waals surface area contributed by atoms with Crippen LogP contribution >= 0.6 is 0 Å². The first-order valence-corrected chi connectivity index (χ1v) is 8.71. The Morgan fingerprint density at radius 2 is 2.27 bits per heavy atom. The third-order valence-corrected chi connectivity index (χ3v) is 4.81. The lowest BCUT2D eigenvalue weighted by molar-refractivity contribution is 0.00431. The van der Waals surface area contributed by atoms with Crippen molar-refractivity contribution in [3.8, 4) is 6.07 Å². The first-order chi connectivity index (χ1) is 12.7. The number of rotatable bonds is 3. The summed E-state index contributed by atoms with van der Waals surface area (Å²) in [5.41, 5.74) is 1.81. The van der Waals surface area contributed by atoms with Crippen LogP contribution in [0.1, 0.15) is 42.8 Å².